The molecule has 2 aromatic rings. The lowest BCUT2D eigenvalue weighted by Crippen LogP contribution is -2.17. The maximum Gasteiger partial charge on any atom is 0.337 e. The molecule has 0 aliphatic rings. The first-order chi connectivity index (χ1) is 10.1. The zero-order chi connectivity index (χ0) is 15.2. The minimum Gasteiger partial charge on any atom is -0.478 e. The smallest absolute Gasteiger partial charge is 0.337 e. The number of carboxylic acids is 1. The van der Waals surface area contributed by atoms with Crippen molar-refractivity contribution in [1.29, 1.82) is 0 Å². The van der Waals surface area contributed by atoms with Gasteiger partial charge in [0.1, 0.15) is 0 Å². The lowest BCUT2D eigenvalue weighted by molar-refractivity contribution is 0.0697. The molecule has 0 aliphatic heterocycles. The molecule has 0 heterocycles. The first-order valence-corrected chi connectivity index (χ1v) is 6.49. The number of aromatic carboxylic acids is 1. The summed E-state index contributed by atoms with van der Waals surface area (Å²) >= 11 is 0. The van der Waals surface area contributed by atoms with Crippen molar-refractivity contribution in [3.8, 4) is 0 Å². The molecule has 0 radical (unpaired) electrons. The molecule has 2 rings (SSSR count). The number of nitrogens with one attached hydrogen (secondary N) is 2. The van der Waals surface area contributed by atoms with Crippen LogP contribution in [0.15, 0.2) is 48.5 Å². The number of anilines is 1. The predicted molar refractivity (Wildman–Crippen MR) is 80.6 cm³/mol. The molecule has 0 spiro atoms. The number of carboxylic acid groups (broad SMARTS) is 1. The number of carbonyl (C=O) groups excluding carboxylic acids is 1. The molecule has 108 valence electrons. The van der Waals surface area contributed by atoms with Gasteiger partial charge < -0.3 is 15.7 Å². The van der Waals surface area contributed by atoms with E-state index in [4.69, 9.17) is 5.11 Å². The van der Waals surface area contributed by atoms with Crippen LogP contribution in [-0.4, -0.2) is 24.0 Å². The number of benzene rings is 2. The van der Waals surface area contributed by atoms with Crippen LogP contribution in [0.5, 0.6) is 0 Å². The first-order valence-electron chi connectivity index (χ1n) is 6.49. The largest absolute Gasteiger partial charge is 0.478 e. The van der Waals surface area contributed by atoms with E-state index in [-0.39, 0.29) is 11.5 Å². The predicted octanol–water partition coefficient (Wildman–Crippen LogP) is 2.36. The van der Waals surface area contributed by atoms with Gasteiger partial charge in [-0.3, -0.25) is 4.79 Å². The third kappa shape index (κ3) is 3.60. The van der Waals surface area contributed by atoms with Gasteiger partial charge in [0.2, 0.25) is 0 Å². The Kier molecular flexibility index (Phi) is 4.56. The molecule has 0 fully saturated rings. The molecule has 1 amide bonds. The molecular formula is C16H16N2O3. The number of amides is 1. The van der Waals surface area contributed by atoms with Crippen LogP contribution < -0.4 is 10.6 Å². The molecule has 5 heteroatoms. The molecule has 0 saturated heterocycles. The summed E-state index contributed by atoms with van der Waals surface area (Å²) in [6.07, 6.45) is 0. The summed E-state index contributed by atoms with van der Waals surface area (Å²) in [5, 5.41) is 14.8. The Morgan fingerprint density at radius 2 is 1.71 bits per heavy atom. The first kappa shape index (κ1) is 14.6. The van der Waals surface area contributed by atoms with Crippen molar-refractivity contribution in [2.45, 2.75) is 6.54 Å². The molecule has 21 heavy (non-hydrogen) atoms. The van der Waals surface area contributed by atoms with E-state index in [9.17, 15) is 9.59 Å². The van der Waals surface area contributed by atoms with Gasteiger partial charge in [-0.2, -0.15) is 0 Å². The van der Waals surface area contributed by atoms with Crippen molar-refractivity contribution in [3.05, 3.63) is 65.2 Å². The van der Waals surface area contributed by atoms with Crippen molar-refractivity contribution in [1.82, 2.24) is 5.32 Å². The number of para-hydroxylation sites is 1. The Labute approximate surface area is 122 Å². The average molecular weight is 284 g/mol. The Bertz CT molecular complexity index is 651. The van der Waals surface area contributed by atoms with Gasteiger partial charge in [0, 0.05) is 24.8 Å². The van der Waals surface area contributed by atoms with Gasteiger partial charge in [-0.05, 0) is 29.8 Å². The molecule has 0 bridgehead atoms. The number of hydrogen-bond acceptors (Lipinski definition) is 3. The molecule has 5 nitrogen and oxygen atoms in total. The fourth-order valence-corrected chi connectivity index (χ4v) is 1.94. The average Bonchev–Trinajstić information content (AvgIpc) is 2.52. The van der Waals surface area contributed by atoms with Crippen LogP contribution in [0, 0.1) is 0 Å². The van der Waals surface area contributed by atoms with Crippen molar-refractivity contribution in [2.75, 3.05) is 12.4 Å². The molecule has 0 aromatic heterocycles. The number of hydrogen-bond donors (Lipinski definition) is 3. The van der Waals surface area contributed by atoms with Crippen LogP contribution in [-0.2, 0) is 6.54 Å². The minimum absolute atomic E-state index is 0.134. The monoisotopic (exact) mass is 284 g/mol. The highest BCUT2D eigenvalue weighted by molar-refractivity contribution is 5.94. The van der Waals surface area contributed by atoms with Crippen LogP contribution in [0.1, 0.15) is 26.3 Å². The molecular weight excluding hydrogens is 268 g/mol. The molecule has 0 aliphatic carbocycles. The van der Waals surface area contributed by atoms with Crippen molar-refractivity contribution >= 4 is 17.6 Å². The second-order valence-corrected chi connectivity index (χ2v) is 4.48. The zero-order valence-corrected chi connectivity index (χ0v) is 11.6. The quantitative estimate of drug-likeness (QED) is 0.787. The Morgan fingerprint density at radius 3 is 2.33 bits per heavy atom. The summed E-state index contributed by atoms with van der Waals surface area (Å²) in [5.74, 6) is -1.10. The minimum atomic E-state index is -0.965. The maximum atomic E-state index is 11.4. The van der Waals surface area contributed by atoms with Crippen LogP contribution in [0.2, 0.25) is 0 Å². The van der Waals surface area contributed by atoms with Crippen molar-refractivity contribution < 1.29 is 14.7 Å². The molecule has 2 aromatic carbocycles. The van der Waals surface area contributed by atoms with Crippen LogP contribution >= 0.6 is 0 Å². The van der Waals surface area contributed by atoms with Gasteiger partial charge in [-0.15, -0.1) is 0 Å². The highest BCUT2D eigenvalue weighted by Crippen LogP contribution is 2.16. The summed E-state index contributed by atoms with van der Waals surface area (Å²) in [5.41, 5.74) is 2.36. The number of carbonyl (C=O) groups is 2. The van der Waals surface area contributed by atoms with E-state index in [1.807, 2.05) is 12.1 Å². The standard InChI is InChI=1S/C16H16N2O3/c1-17-15(19)12-8-6-11(7-9-12)10-18-14-5-3-2-4-13(14)16(20)21/h2-9,18H,10H2,1H3,(H,17,19)(H,20,21). The van der Waals surface area contributed by atoms with Crippen LogP contribution in [0.3, 0.4) is 0 Å². The van der Waals surface area contributed by atoms with Crippen molar-refractivity contribution in [2.24, 2.45) is 0 Å². The van der Waals surface area contributed by atoms with Crippen LogP contribution in [0.25, 0.3) is 0 Å². The maximum absolute atomic E-state index is 11.4. The van der Waals surface area contributed by atoms with E-state index in [2.05, 4.69) is 10.6 Å². The summed E-state index contributed by atoms with van der Waals surface area (Å²) < 4.78 is 0. The highest BCUT2D eigenvalue weighted by Gasteiger charge is 2.08. The van der Waals surface area contributed by atoms with E-state index in [1.54, 1.807) is 43.4 Å². The van der Waals surface area contributed by atoms with Crippen molar-refractivity contribution in [3.63, 3.8) is 0 Å². The lowest BCUT2D eigenvalue weighted by Gasteiger charge is -2.10. The SMILES string of the molecule is CNC(=O)c1ccc(CNc2ccccc2C(=O)O)cc1. The summed E-state index contributed by atoms with van der Waals surface area (Å²) in [4.78, 5) is 22.5. The highest BCUT2D eigenvalue weighted by atomic mass is 16.4. The Balaban J connectivity index is 2.07. The zero-order valence-electron chi connectivity index (χ0n) is 11.6. The van der Waals surface area contributed by atoms with Crippen LogP contribution in [0.4, 0.5) is 5.69 Å². The van der Waals surface area contributed by atoms with Gasteiger partial charge in [-0.25, -0.2) is 4.79 Å². The van der Waals surface area contributed by atoms with E-state index in [0.717, 1.165) is 5.56 Å². The fraction of sp³-hybridized carbons (Fsp3) is 0.125. The Morgan fingerprint density at radius 1 is 1.05 bits per heavy atom. The van der Waals surface area contributed by atoms with Gasteiger partial charge in [0.15, 0.2) is 0 Å². The third-order valence-corrected chi connectivity index (χ3v) is 3.08. The number of rotatable bonds is 5. The second-order valence-electron chi connectivity index (χ2n) is 4.48. The molecule has 0 unspecified atom stereocenters. The summed E-state index contributed by atoms with van der Waals surface area (Å²) in [6, 6.07) is 13.9. The van der Waals surface area contributed by atoms with Gasteiger partial charge >= 0.3 is 5.97 Å². The summed E-state index contributed by atoms with van der Waals surface area (Å²) in [7, 11) is 1.58. The normalized spacial score (nSPS) is 9.95. The van der Waals surface area contributed by atoms with E-state index in [1.165, 1.54) is 0 Å². The van der Waals surface area contributed by atoms with E-state index in [0.29, 0.717) is 17.8 Å². The molecule has 0 saturated carbocycles. The second kappa shape index (κ2) is 6.56. The summed E-state index contributed by atoms with van der Waals surface area (Å²) in [6.45, 7) is 0.484. The lowest BCUT2D eigenvalue weighted by atomic mass is 10.1. The van der Waals surface area contributed by atoms with Gasteiger partial charge in [-0.1, -0.05) is 24.3 Å². The van der Waals surface area contributed by atoms with Gasteiger partial charge in [0.25, 0.3) is 5.91 Å². The van der Waals surface area contributed by atoms with E-state index >= 15 is 0 Å². The fourth-order valence-electron chi connectivity index (χ4n) is 1.94. The molecule has 3 N–H and O–H groups in total. The third-order valence-electron chi connectivity index (χ3n) is 3.08. The molecule has 0 atom stereocenters. The van der Waals surface area contributed by atoms with Gasteiger partial charge in [0.05, 0.1) is 5.56 Å². The topological polar surface area (TPSA) is 78.4 Å². The Hall–Kier alpha value is -2.82. The van der Waals surface area contributed by atoms with E-state index < -0.39 is 5.97 Å².